The van der Waals surface area contributed by atoms with Gasteiger partial charge in [-0.2, -0.15) is 18.4 Å². The topological polar surface area (TPSA) is 133 Å². The Bertz CT molecular complexity index is 2350. The van der Waals surface area contributed by atoms with Gasteiger partial charge in [-0.15, -0.1) is 10.2 Å². The molecule has 2 atom stereocenters. The van der Waals surface area contributed by atoms with Gasteiger partial charge in [0.1, 0.15) is 36.3 Å². The van der Waals surface area contributed by atoms with Gasteiger partial charge in [-0.3, -0.25) is 9.36 Å². The summed E-state index contributed by atoms with van der Waals surface area (Å²) in [6.07, 6.45) is -0.466. The Balaban J connectivity index is 1.58. The van der Waals surface area contributed by atoms with Crippen molar-refractivity contribution in [2.75, 3.05) is 6.61 Å². The molecule has 17 heteroatoms. The predicted molar refractivity (Wildman–Crippen MR) is 201 cm³/mol. The summed E-state index contributed by atoms with van der Waals surface area (Å²) in [6.45, 7) is 10.8. The molecule has 1 saturated carbocycles. The van der Waals surface area contributed by atoms with E-state index in [1.54, 1.807) is 44.5 Å². The highest BCUT2D eigenvalue weighted by Gasteiger charge is 2.45. The van der Waals surface area contributed by atoms with Gasteiger partial charge in [0.25, 0.3) is 5.56 Å². The van der Waals surface area contributed by atoms with Crippen LogP contribution in [-0.2, 0) is 29.5 Å². The van der Waals surface area contributed by atoms with Crippen LogP contribution < -0.4 is 10.3 Å². The molecular formula is C37H42F4N8O3SSi. The number of aromatic nitrogens is 6. The molecule has 0 bridgehead atoms. The number of hydrogen-bond acceptors (Lipinski definition) is 7. The first-order chi connectivity index (χ1) is 25.3. The van der Waals surface area contributed by atoms with Gasteiger partial charge in [0, 0.05) is 56.2 Å². The van der Waals surface area contributed by atoms with Crippen molar-refractivity contribution in [3.8, 4) is 34.4 Å². The molecular weight excluding hydrogens is 741 g/mol. The van der Waals surface area contributed by atoms with E-state index < -0.39 is 59.8 Å². The second-order valence-corrected chi connectivity index (χ2v) is 23.4. The maximum absolute atomic E-state index is 14.9. The fourth-order valence-electron chi connectivity index (χ4n) is 6.01. The Labute approximate surface area is 313 Å². The molecule has 4 aromatic heterocycles. The lowest BCUT2D eigenvalue weighted by molar-refractivity contribution is -0.154. The Morgan fingerprint density at radius 1 is 1.11 bits per heavy atom. The van der Waals surface area contributed by atoms with Gasteiger partial charge in [0.2, 0.25) is 0 Å². The van der Waals surface area contributed by atoms with Crippen LogP contribution in [-0.4, -0.2) is 58.7 Å². The highest BCUT2D eigenvalue weighted by atomic mass is 32.2. The number of aryl methyl sites for hydroxylation is 1. The molecule has 1 aromatic carbocycles. The summed E-state index contributed by atoms with van der Waals surface area (Å²) >= 11 is 0. The monoisotopic (exact) mass is 782 g/mol. The van der Waals surface area contributed by atoms with Crippen molar-refractivity contribution in [1.82, 2.24) is 33.6 Å². The lowest BCUT2D eigenvalue weighted by Crippen LogP contribution is -2.42. The number of nitrogens with one attached hydrogen (secondary N) is 1. The fraction of sp³-hybridized carbons (Fsp3) is 0.432. The minimum Gasteiger partial charge on any atom is -0.361 e. The van der Waals surface area contributed by atoms with E-state index in [4.69, 9.17) is 9.72 Å². The number of nitrogens with zero attached hydrogens (tertiary/aromatic N) is 7. The third-order valence-electron chi connectivity index (χ3n) is 9.16. The second kappa shape index (κ2) is 14.6. The molecule has 6 rings (SSSR count). The number of halogens is 4. The van der Waals surface area contributed by atoms with Crippen LogP contribution in [0.2, 0.25) is 25.7 Å². The van der Waals surface area contributed by atoms with Crippen LogP contribution in [0.25, 0.3) is 39.2 Å². The zero-order chi connectivity index (χ0) is 39.3. The molecule has 5 aromatic rings. The SMILES string of the molecule is Cn1cnnc1-c1cc(F)ccc1-c1cc(C2CC2)nc(-n2cc(C#N)c3cc([C@@H](N[S@](=O)C(C)(C)C)C(F)(F)F)n(COCC[Si](C)(C)C)c3c2=O)c1. The highest BCUT2D eigenvalue weighted by molar-refractivity contribution is 7.84. The number of benzene rings is 1. The average molecular weight is 783 g/mol. The van der Waals surface area contributed by atoms with E-state index in [9.17, 15) is 31.8 Å². The number of alkyl halides is 3. The summed E-state index contributed by atoms with van der Waals surface area (Å²) in [5.41, 5.74) is 0.847. The molecule has 1 aliphatic carbocycles. The Morgan fingerprint density at radius 2 is 1.83 bits per heavy atom. The minimum absolute atomic E-state index is 0.0122. The van der Waals surface area contributed by atoms with E-state index >= 15 is 0 Å². The third-order valence-corrected chi connectivity index (χ3v) is 12.4. The molecule has 1 N–H and O–H groups in total. The van der Waals surface area contributed by atoms with Gasteiger partial charge >= 0.3 is 6.18 Å². The van der Waals surface area contributed by atoms with E-state index in [-0.39, 0.29) is 34.8 Å². The summed E-state index contributed by atoms with van der Waals surface area (Å²) in [7, 11) is -2.03. The fourth-order valence-corrected chi connectivity index (χ4v) is 7.59. The van der Waals surface area contributed by atoms with Crippen LogP contribution in [0.15, 0.2) is 53.7 Å². The normalized spacial score (nSPS) is 15.1. The average Bonchev–Trinajstić information content (AvgIpc) is 3.74. The van der Waals surface area contributed by atoms with Gasteiger partial charge < -0.3 is 13.9 Å². The van der Waals surface area contributed by atoms with Crippen molar-refractivity contribution in [3.63, 3.8) is 0 Å². The van der Waals surface area contributed by atoms with Crippen LogP contribution in [0.5, 0.6) is 0 Å². The van der Waals surface area contributed by atoms with Crippen LogP contribution in [0.3, 0.4) is 0 Å². The van der Waals surface area contributed by atoms with Crippen LogP contribution >= 0.6 is 0 Å². The molecule has 0 radical (unpaired) electrons. The number of rotatable bonds is 12. The first-order valence-electron chi connectivity index (χ1n) is 17.4. The maximum atomic E-state index is 14.9. The molecule has 11 nitrogen and oxygen atoms in total. The highest BCUT2D eigenvalue weighted by Crippen LogP contribution is 2.42. The molecule has 0 unspecified atom stereocenters. The summed E-state index contributed by atoms with van der Waals surface area (Å²) in [4.78, 5) is 19.5. The summed E-state index contributed by atoms with van der Waals surface area (Å²) < 4.78 is 83.6. The van der Waals surface area contributed by atoms with Crippen molar-refractivity contribution in [2.24, 2.45) is 7.05 Å². The molecule has 1 aliphatic rings. The standard InChI is InChI=1S/C37H42F4N8O3SSi/c1-36(2,3)53(51)46-33(37(39,40)41)30-17-27-24(18-42)19-48(35(50)32(27)49(30)21-52-12-13-54(5,6)7)31-15-23(14-29(44-31)22-8-9-22)26-11-10-25(38)16-28(26)34-45-43-20-47(34)4/h10-11,14-17,19-20,22,33,46H,8-9,12-13,21H2,1-7H3/t33-,53-/m1/s1. The van der Waals surface area contributed by atoms with E-state index in [2.05, 4.69) is 40.6 Å². The largest absolute Gasteiger partial charge is 0.410 e. The molecule has 0 saturated heterocycles. The smallest absolute Gasteiger partial charge is 0.361 e. The van der Waals surface area contributed by atoms with E-state index in [0.717, 1.165) is 28.0 Å². The Hall–Kier alpha value is -4.50. The first-order valence-corrected chi connectivity index (χ1v) is 22.3. The molecule has 4 heterocycles. The van der Waals surface area contributed by atoms with Gasteiger partial charge in [-0.05, 0) is 81.1 Å². The van der Waals surface area contributed by atoms with Crippen LogP contribution in [0, 0.1) is 17.1 Å². The lowest BCUT2D eigenvalue weighted by atomic mass is 9.98. The second-order valence-electron chi connectivity index (χ2n) is 15.8. The van der Waals surface area contributed by atoms with E-state index in [1.807, 2.05) is 6.07 Å². The first kappa shape index (κ1) is 39.2. The molecule has 0 amide bonds. The molecule has 1 fully saturated rings. The van der Waals surface area contributed by atoms with Gasteiger partial charge in [-0.25, -0.2) is 18.3 Å². The Kier molecular flexibility index (Phi) is 10.6. The zero-order valence-electron chi connectivity index (χ0n) is 31.1. The number of hydrogen-bond donors (Lipinski definition) is 1. The number of ether oxygens (including phenoxy) is 1. The Morgan fingerprint density at radius 3 is 2.43 bits per heavy atom. The van der Waals surface area contributed by atoms with E-state index in [1.165, 1.54) is 24.7 Å². The molecule has 0 spiro atoms. The van der Waals surface area contributed by atoms with Gasteiger partial charge in [0.15, 0.2) is 11.9 Å². The quantitative estimate of drug-likeness (QED) is 0.0788. The van der Waals surface area contributed by atoms with Crippen molar-refractivity contribution in [2.45, 2.75) is 88.9 Å². The third kappa shape index (κ3) is 8.26. The van der Waals surface area contributed by atoms with Gasteiger partial charge in [0.05, 0.1) is 21.3 Å². The van der Waals surface area contributed by atoms with E-state index in [0.29, 0.717) is 34.3 Å². The maximum Gasteiger partial charge on any atom is 0.410 e. The summed E-state index contributed by atoms with van der Waals surface area (Å²) in [5.74, 6) is 0.130. The van der Waals surface area contributed by atoms with Crippen molar-refractivity contribution >= 4 is 30.0 Å². The minimum atomic E-state index is -4.94. The van der Waals surface area contributed by atoms with Crippen molar-refractivity contribution < 1.29 is 26.5 Å². The van der Waals surface area contributed by atoms with Crippen LogP contribution in [0.4, 0.5) is 17.6 Å². The lowest BCUT2D eigenvalue weighted by Gasteiger charge is -2.27. The summed E-state index contributed by atoms with van der Waals surface area (Å²) in [5, 5.41) is 18.5. The van der Waals surface area contributed by atoms with Gasteiger partial charge in [-0.1, -0.05) is 25.7 Å². The predicted octanol–water partition coefficient (Wildman–Crippen LogP) is 7.51. The number of pyridine rings is 2. The molecule has 0 aliphatic heterocycles. The molecule has 54 heavy (non-hydrogen) atoms. The number of fused-ring (bicyclic) bond motifs is 1. The van der Waals surface area contributed by atoms with Crippen molar-refractivity contribution in [3.05, 3.63) is 82.0 Å². The summed E-state index contributed by atoms with van der Waals surface area (Å²) in [6, 6.07) is 9.20. The van der Waals surface area contributed by atoms with Crippen LogP contribution in [0.1, 0.15) is 62.5 Å². The molecule has 286 valence electrons. The zero-order valence-corrected chi connectivity index (χ0v) is 32.9. The van der Waals surface area contributed by atoms with Crippen molar-refractivity contribution in [1.29, 1.82) is 5.26 Å². The number of nitriles is 1.